The molecule has 5 heteroatoms. The average molecular weight is 275 g/mol. The molecular weight excluding hydrogens is 264 g/mol. The van der Waals surface area contributed by atoms with E-state index in [1.54, 1.807) is 25.2 Å². The Hall–Kier alpha value is -0.550. The maximum absolute atomic E-state index is 11.3. The van der Waals surface area contributed by atoms with Crippen LogP contribution in [0.4, 0.5) is 0 Å². The highest BCUT2D eigenvalue weighted by Gasteiger charge is 2.07. The Morgan fingerprint density at radius 2 is 2.36 bits per heavy atom. The van der Waals surface area contributed by atoms with Gasteiger partial charge in [-0.25, -0.2) is 4.98 Å². The van der Waals surface area contributed by atoms with Crippen molar-refractivity contribution in [1.82, 2.24) is 9.88 Å². The SMILES string of the molecule is CN(C)C(=O)CSc1ncccc1Br. The van der Waals surface area contributed by atoms with Gasteiger partial charge in [0.15, 0.2) is 0 Å². The molecule has 1 aromatic rings. The average Bonchev–Trinajstić information content (AvgIpc) is 2.16. The van der Waals surface area contributed by atoms with E-state index in [0.29, 0.717) is 5.75 Å². The van der Waals surface area contributed by atoms with Crippen LogP contribution in [0.5, 0.6) is 0 Å². The fraction of sp³-hybridized carbons (Fsp3) is 0.333. The van der Waals surface area contributed by atoms with Crippen LogP contribution < -0.4 is 0 Å². The van der Waals surface area contributed by atoms with Crippen LogP contribution in [0.1, 0.15) is 0 Å². The first kappa shape index (κ1) is 11.5. The third kappa shape index (κ3) is 3.31. The van der Waals surface area contributed by atoms with Gasteiger partial charge in [-0.05, 0) is 28.1 Å². The van der Waals surface area contributed by atoms with Crippen molar-refractivity contribution in [2.75, 3.05) is 19.8 Å². The lowest BCUT2D eigenvalue weighted by atomic mass is 10.5. The largest absolute Gasteiger partial charge is 0.348 e. The molecule has 14 heavy (non-hydrogen) atoms. The van der Waals surface area contributed by atoms with E-state index >= 15 is 0 Å². The minimum atomic E-state index is 0.0903. The maximum Gasteiger partial charge on any atom is 0.232 e. The molecule has 1 rings (SSSR count). The summed E-state index contributed by atoms with van der Waals surface area (Å²) < 4.78 is 0.927. The standard InChI is InChI=1S/C9H11BrN2OS/c1-12(2)8(13)6-14-9-7(10)4-3-5-11-9/h3-5H,6H2,1-2H3. The van der Waals surface area contributed by atoms with Gasteiger partial charge in [0.05, 0.1) is 5.75 Å². The first-order valence-electron chi connectivity index (χ1n) is 4.04. The molecule has 3 nitrogen and oxygen atoms in total. The first-order chi connectivity index (χ1) is 6.61. The monoisotopic (exact) mass is 274 g/mol. The van der Waals surface area contributed by atoms with Gasteiger partial charge in [0.2, 0.25) is 5.91 Å². The van der Waals surface area contributed by atoms with Crippen LogP contribution in [0.15, 0.2) is 27.8 Å². The Morgan fingerprint density at radius 1 is 1.64 bits per heavy atom. The summed E-state index contributed by atoms with van der Waals surface area (Å²) in [5.41, 5.74) is 0. The van der Waals surface area contributed by atoms with Gasteiger partial charge in [0.25, 0.3) is 0 Å². The second-order valence-electron chi connectivity index (χ2n) is 2.87. The van der Waals surface area contributed by atoms with Crippen molar-refractivity contribution in [1.29, 1.82) is 0 Å². The fourth-order valence-electron chi connectivity index (χ4n) is 0.737. The van der Waals surface area contributed by atoms with Crippen molar-refractivity contribution < 1.29 is 4.79 Å². The zero-order chi connectivity index (χ0) is 10.6. The summed E-state index contributed by atoms with van der Waals surface area (Å²) in [4.78, 5) is 17.0. The van der Waals surface area contributed by atoms with Gasteiger partial charge < -0.3 is 4.90 Å². The molecule has 1 aromatic heterocycles. The fourth-order valence-corrected chi connectivity index (χ4v) is 2.19. The number of amides is 1. The summed E-state index contributed by atoms with van der Waals surface area (Å²) in [6, 6.07) is 3.76. The van der Waals surface area contributed by atoms with Gasteiger partial charge in [-0.15, -0.1) is 0 Å². The predicted molar refractivity (Wildman–Crippen MR) is 61.4 cm³/mol. The number of carbonyl (C=O) groups is 1. The number of halogens is 1. The molecule has 0 saturated heterocycles. The highest BCUT2D eigenvalue weighted by atomic mass is 79.9. The summed E-state index contributed by atoms with van der Waals surface area (Å²) in [5, 5.41) is 0.850. The molecule has 0 saturated carbocycles. The highest BCUT2D eigenvalue weighted by molar-refractivity contribution is 9.10. The smallest absolute Gasteiger partial charge is 0.232 e. The van der Waals surface area contributed by atoms with E-state index in [2.05, 4.69) is 20.9 Å². The number of hydrogen-bond donors (Lipinski definition) is 0. The number of aromatic nitrogens is 1. The van der Waals surface area contributed by atoms with Gasteiger partial charge in [0.1, 0.15) is 5.03 Å². The summed E-state index contributed by atoms with van der Waals surface area (Å²) in [7, 11) is 3.49. The van der Waals surface area contributed by atoms with E-state index < -0.39 is 0 Å². The molecule has 0 aliphatic rings. The van der Waals surface area contributed by atoms with Gasteiger partial charge in [-0.2, -0.15) is 0 Å². The molecule has 76 valence electrons. The van der Waals surface area contributed by atoms with E-state index in [1.165, 1.54) is 11.8 Å². The predicted octanol–water partition coefficient (Wildman–Crippen LogP) is 2.02. The van der Waals surface area contributed by atoms with Crippen LogP contribution >= 0.6 is 27.7 Å². The molecule has 0 fully saturated rings. The van der Waals surface area contributed by atoms with Crippen molar-refractivity contribution in [3.8, 4) is 0 Å². The summed E-state index contributed by atoms with van der Waals surface area (Å²) in [6.45, 7) is 0. The topological polar surface area (TPSA) is 33.2 Å². The van der Waals surface area contributed by atoms with E-state index in [0.717, 1.165) is 9.50 Å². The number of hydrogen-bond acceptors (Lipinski definition) is 3. The molecule has 0 N–H and O–H groups in total. The Balaban J connectivity index is 2.54. The Kier molecular flexibility index (Phi) is 4.41. The highest BCUT2D eigenvalue weighted by Crippen LogP contribution is 2.24. The molecule has 0 aliphatic carbocycles. The van der Waals surface area contributed by atoms with Crippen molar-refractivity contribution in [2.45, 2.75) is 5.03 Å². The number of pyridine rings is 1. The maximum atomic E-state index is 11.3. The number of rotatable bonds is 3. The van der Waals surface area contributed by atoms with Gasteiger partial charge in [0, 0.05) is 24.8 Å². The number of thioether (sulfide) groups is 1. The molecule has 0 bridgehead atoms. The Morgan fingerprint density at radius 3 is 2.93 bits per heavy atom. The molecule has 0 radical (unpaired) electrons. The van der Waals surface area contributed by atoms with Crippen LogP contribution in [0.3, 0.4) is 0 Å². The van der Waals surface area contributed by atoms with E-state index in [4.69, 9.17) is 0 Å². The van der Waals surface area contributed by atoms with Crippen LogP contribution in [0, 0.1) is 0 Å². The molecule has 0 spiro atoms. The second kappa shape index (κ2) is 5.36. The van der Waals surface area contributed by atoms with Crippen molar-refractivity contribution >= 4 is 33.6 Å². The summed E-state index contributed by atoms with van der Waals surface area (Å²) in [6.07, 6.45) is 1.72. The molecule has 0 unspecified atom stereocenters. The normalized spacial score (nSPS) is 9.93. The zero-order valence-electron chi connectivity index (χ0n) is 8.03. The first-order valence-corrected chi connectivity index (χ1v) is 5.82. The molecular formula is C9H11BrN2OS. The lowest BCUT2D eigenvalue weighted by Gasteiger charge is -2.09. The molecule has 0 aromatic carbocycles. The van der Waals surface area contributed by atoms with Crippen LogP contribution in [-0.4, -0.2) is 35.6 Å². The van der Waals surface area contributed by atoms with E-state index in [-0.39, 0.29) is 5.91 Å². The number of nitrogens with zero attached hydrogens (tertiary/aromatic N) is 2. The Bertz CT molecular complexity index is 330. The quantitative estimate of drug-likeness (QED) is 0.791. The van der Waals surface area contributed by atoms with Gasteiger partial charge >= 0.3 is 0 Å². The molecule has 0 atom stereocenters. The minimum absolute atomic E-state index is 0.0903. The van der Waals surface area contributed by atoms with Crippen molar-refractivity contribution in [2.24, 2.45) is 0 Å². The summed E-state index contributed by atoms with van der Waals surface area (Å²) in [5.74, 6) is 0.510. The van der Waals surface area contributed by atoms with E-state index in [9.17, 15) is 4.79 Å². The number of carbonyl (C=O) groups excluding carboxylic acids is 1. The van der Waals surface area contributed by atoms with E-state index in [1.807, 2.05) is 12.1 Å². The third-order valence-corrected chi connectivity index (χ3v) is 3.45. The summed E-state index contributed by atoms with van der Waals surface area (Å²) >= 11 is 4.81. The van der Waals surface area contributed by atoms with Crippen molar-refractivity contribution in [3.05, 3.63) is 22.8 Å². The molecule has 1 amide bonds. The second-order valence-corrected chi connectivity index (χ2v) is 4.69. The minimum Gasteiger partial charge on any atom is -0.348 e. The molecule has 0 aliphatic heterocycles. The lowest BCUT2D eigenvalue weighted by molar-refractivity contribution is -0.125. The van der Waals surface area contributed by atoms with Gasteiger partial charge in [-0.1, -0.05) is 11.8 Å². The molecule has 1 heterocycles. The van der Waals surface area contributed by atoms with Crippen LogP contribution in [-0.2, 0) is 4.79 Å². The third-order valence-electron chi connectivity index (χ3n) is 1.56. The van der Waals surface area contributed by atoms with Gasteiger partial charge in [-0.3, -0.25) is 4.79 Å². The van der Waals surface area contributed by atoms with Crippen molar-refractivity contribution in [3.63, 3.8) is 0 Å². The lowest BCUT2D eigenvalue weighted by Crippen LogP contribution is -2.23. The Labute approximate surface area is 96.0 Å². The van der Waals surface area contributed by atoms with Crippen LogP contribution in [0.2, 0.25) is 0 Å². The van der Waals surface area contributed by atoms with Crippen LogP contribution in [0.25, 0.3) is 0 Å². The zero-order valence-corrected chi connectivity index (χ0v) is 10.4.